The van der Waals surface area contributed by atoms with Crippen LogP contribution in [0.15, 0.2) is 145 Å². The average molecular weight is 783 g/mol. The molecule has 1 atom stereocenters. The van der Waals surface area contributed by atoms with E-state index in [0.29, 0.717) is 5.92 Å². The van der Waals surface area contributed by atoms with Gasteiger partial charge in [-0.3, -0.25) is 0 Å². The quantitative estimate of drug-likeness (QED) is 0.137. The van der Waals surface area contributed by atoms with Gasteiger partial charge in [0, 0.05) is 34.0 Å². The Kier molecular flexibility index (Phi) is 12.2. The molecule has 0 saturated carbocycles. The molecule has 0 spiro atoms. The van der Waals surface area contributed by atoms with Crippen LogP contribution in [0.5, 0.6) is 0 Å². The second-order valence-electron chi connectivity index (χ2n) is 20.8. The molecular weight excluding hydrogens is 713 g/mol. The van der Waals surface area contributed by atoms with Crippen molar-refractivity contribution in [3.63, 3.8) is 0 Å². The highest BCUT2D eigenvalue weighted by molar-refractivity contribution is 5.90. The third kappa shape index (κ3) is 9.54. The zero-order valence-electron chi connectivity index (χ0n) is 38.7. The van der Waals surface area contributed by atoms with Crippen molar-refractivity contribution in [2.24, 2.45) is 5.41 Å². The van der Waals surface area contributed by atoms with Crippen molar-refractivity contribution < 1.29 is 0 Å². The van der Waals surface area contributed by atoms with Gasteiger partial charge in [-0.1, -0.05) is 156 Å². The molecule has 0 N–H and O–H groups in total. The van der Waals surface area contributed by atoms with Gasteiger partial charge in [-0.15, -0.1) is 0 Å². The van der Waals surface area contributed by atoms with Gasteiger partial charge in [0.25, 0.3) is 0 Å². The highest BCUT2D eigenvalue weighted by Gasteiger charge is 2.32. The minimum Gasteiger partial charge on any atom is -0.314 e. The highest BCUT2D eigenvalue weighted by Crippen LogP contribution is 2.49. The molecule has 6 rings (SSSR count). The first-order valence-electron chi connectivity index (χ1n) is 21.8. The molecular formula is C57H70N2. The third-order valence-electron chi connectivity index (χ3n) is 12.4. The zero-order valence-corrected chi connectivity index (χ0v) is 38.7. The Labute approximate surface area is 358 Å². The number of rotatable bonds is 9. The lowest BCUT2D eigenvalue weighted by atomic mass is 9.69. The molecule has 0 heterocycles. The van der Waals surface area contributed by atoms with E-state index in [1.54, 1.807) is 0 Å². The SMILES string of the molecule is C=C/C(=C\C=C(/C)N(c1ccc(C(C)(C)C)cc1)c1cc(C)cc(N(c2ccc3c(c2)C(C)(C)CCC3C)c2ccc(C(C)(C)C)cc2-c2ccccc2)c1)C(C)(C)C. The standard InChI is InChI=1S/C57H70N2/c1-16-43(54(5,6)7)23-22-41(4)58(46-27-24-44(25-28-46)55(8,9)10)48-34-39(2)35-49(37-48)59(47-29-30-50-40(3)32-33-57(14,15)52(50)38-47)53-31-26-45(56(11,12)13)36-51(53)42-20-18-17-19-21-42/h16-31,34-38,40H,1,32-33H2,2-15H3/b41-22+,43-23+. The van der Waals surface area contributed by atoms with Gasteiger partial charge in [0.05, 0.1) is 5.69 Å². The Morgan fingerprint density at radius 1 is 0.678 bits per heavy atom. The largest absolute Gasteiger partial charge is 0.314 e. The van der Waals surface area contributed by atoms with Crippen molar-refractivity contribution >= 4 is 28.4 Å². The first-order chi connectivity index (χ1) is 27.6. The van der Waals surface area contributed by atoms with Crippen molar-refractivity contribution in [3.05, 3.63) is 173 Å². The molecule has 2 nitrogen and oxygen atoms in total. The monoisotopic (exact) mass is 783 g/mol. The fraction of sp³-hybridized carbons (Fsp3) is 0.368. The molecule has 2 heteroatoms. The molecule has 5 aromatic rings. The maximum atomic E-state index is 4.17. The predicted molar refractivity (Wildman–Crippen MR) is 259 cm³/mol. The summed E-state index contributed by atoms with van der Waals surface area (Å²) in [7, 11) is 0. The van der Waals surface area contributed by atoms with E-state index in [9.17, 15) is 0 Å². The minimum atomic E-state index is -0.0189. The van der Waals surface area contributed by atoms with E-state index in [0.717, 1.165) is 22.8 Å². The normalized spacial score (nSPS) is 16.1. The fourth-order valence-electron chi connectivity index (χ4n) is 8.62. The van der Waals surface area contributed by atoms with E-state index in [2.05, 4.69) is 235 Å². The molecule has 0 aliphatic heterocycles. The van der Waals surface area contributed by atoms with Crippen LogP contribution in [0, 0.1) is 12.3 Å². The van der Waals surface area contributed by atoms with E-state index in [4.69, 9.17) is 0 Å². The first-order valence-corrected chi connectivity index (χ1v) is 21.8. The number of allylic oxidation sites excluding steroid dienone is 5. The van der Waals surface area contributed by atoms with E-state index < -0.39 is 0 Å². The summed E-state index contributed by atoms with van der Waals surface area (Å²) < 4.78 is 0. The lowest BCUT2D eigenvalue weighted by molar-refractivity contribution is 0.402. The van der Waals surface area contributed by atoms with Crippen molar-refractivity contribution in [2.75, 3.05) is 9.80 Å². The van der Waals surface area contributed by atoms with Crippen molar-refractivity contribution in [3.8, 4) is 11.1 Å². The van der Waals surface area contributed by atoms with Gasteiger partial charge in [-0.25, -0.2) is 0 Å². The first kappa shape index (κ1) is 43.5. The van der Waals surface area contributed by atoms with Crippen molar-refractivity contribution in [1.82, 2.24) is 0 Å². The number of fused-ring (bicyclic) bond motifs is 1. The van der Waals surface area contributed by atoms with Crippen LogP contribution in [0.1, 0.15) is 137 Å². The molecule has 1 unspecified atom stereocenters. The summed E-state index contributed by atoms with van der Waals surface area (Å²) in [5, 5.41) is 0. The summed E-state index contributed by atoms with van der Waals surface area (Å²) in [5.74, 6) is 0.541. The van der Waals surface area contributed by atoms with E-state index in [1.165, 1.54) is 68.7 Å². The van der Waals surface area contributed by atoms with Gasteiger partial charge < -0.3 is 9.80 Å². The van der Waals surface area contributed by atoms with Gasteiger partial charge in [-0.2, -0.15) is 0 Å². The Morgan fingerprint density at radius 2 is 1.29 bits per heavy atom. The number of aryl methyl sites for hydroxylation is 1. The molecule has 1 aliphatic rings. The molecule has 0 saturated heterocycles. The van der Waals surface area contributed by atoms with Gasteiger partial charge in [0.15, 0.2) is 0 Å². The van der Waals surface area contributed by atoms with Crippen LogP contribution in [-0.2, 0) is 16.2 Å². The van der Waals surface area contributed by atoms with Crippen LogP contribution in [0.4, 0.5) is 28.4 Å². The lowest BCUT2D eigenvalue weighted by Crippen LogP contribution is -2.26. The minimum absolute atomic E-state index is 0.00478. The van der Waals surface area contributed by atoms with Crippen molar-refractivity contribution in [1.29, 1.82) is 0 Å². The van der Waals surface area contributed by atoms with Crippen LogP contribution in [0.3, 0.4) is 0 Å². The van der Waals surface area contributed by atoms with Crippen LogP contribution < -0.4 is 9.80 Å². The van der Waals surface area contributed by atoms with E-state index in [-0.39, 0.29) is 21.7 Å². The second kappa shape index (κ2) is 16.5. The number of hydrogen-bond acceptors (Lipinski definition) is 2. The Balaban J connectivity index is 1.65. The van der Waals surface area contributed by atoms with Crippen LogP contribution >= 0.6 is 0 Å². The van der Waals surface area contributed by atoms with Crippen molar-refractivity contribution in [2.45, 2.75) is 132 Å². The smallest absolute Gasteiger partial charge is 0.0540 e. The molecule has 0 radical (unpaired) electrons. The van der Waals surface area contributed by atoms with E-state index in [1.807, 2.05) is 6.08 Å². The Morgan fingerprint density at radius 3 is 1.90 bits per heavy atom. The number of nitrogens with zero attached hydrogens (tertiary/aromatic N) is 2. The van der Waals surface area contributed by atoms with Crippen LogP contribution in [-0.4, -0.2) is 0 Å². The maximum absolute atomic E-state index is 4.17. The summed E-state index contributed by atoms with van der Waals surface area (Å²) in [4.78, 5) is 4.94. The molecule has 59 heavy (non-hydrogen) atoms. The maximum Gasteiger partial charge on any atom is 0.0540 e. The summed E-state index contributed by atoms with van der Waals surface area (Å²) in [6.45, 7) is 36.4. The Bertz CT molecular complexity index is 2350. The fourth-order valence-corrected chi connectivity index (χ4v) is 8.62. The van der Waals surface area contributed by atoms with Gasteiger partial charge in [0.1, 0.15) is 0 Å². The van der Waals surface area contributed by atoms with Gasteiger partial charge >= 0.3 is 0 Å². The molecule has 0 amide bonds. The Hall–Kier alpha value is -5.08. The second-order valence-corrected chi connectivity index (χ2v) is 20.8. The molecule has 5 aromatic carbocycles. The number of benzene rings is 5. The lowest BCUT2D eigenvalue weighted by Gasteiger charge is -2.38. The molecule has 1 aliphatic carbocycles. The number of anilines is 5. The predicted octanol–water partition coefficient (Wildman–Crippen LogP) is 17.1. The van der Waals surface area contributed by atoms with Crippen LogP contribution in [0.2, 0.25) is 0 Å². The summed E-state index contributed by atoms with van der Waals surface area (Å²) in [6.07, 6.45) is 8.88. The summed E-state index contributed by atoms with van der Waals surface area (Å²) in [5.41, 5.74) is 17.4. The molecule has 0 aromatic heterocycles. The summed E-state index contributed by atoms with van der Waals surface area (Å²) in [6, 6.07) is 41.6. The van der Waals surface area contributed by atoms with Gasteiger partial charge in [0.2, 0.25) is 0 Å². The molecule has 308 valence electrons. The molecule has 0 bridgehead atoms. The topological polar surface area (TPSA) is 6.48 Å². The van der Waals surface area contributed by atoms with Crippen LogP contribution in [0.25, 0.3) is 11.1 Å². The highest BCUT2D eigenvalue weighted by atomic mass is 15.2. The number of hydrogen-bond donors (Lipinski definition) is 0. The average Bonchev–Trinajstić information content (AvgIpc) is 3.16. The van der Waals surface area contributed by atoms with Gasteiger partial charge in [-0.05, 0) is 154 Å². The van der Waals surface area contributed by atoms with E-state index >= 15 is 0 Å². The molecule has 0 fully saturated rings. The third-order valence-corrected chi connectivity index (χ3v) is 12.4. The summed E-state index contributed by atoms with van der Waals surface area (Å²) >= 11 is 0. The zero-order chi connectivity index (χ0) is 43.1.